The van der Waals surface area contributed by atoms with Crippen molar-refractivity contribution in [2.45, 2.75) is 31.8 Å². The van der Waals surface area contributed by atoms with Crippen molar-refractivity contribution in [3.8, 4) is 0 Å². The molecule has 2 atom stereocenters. The van der Waals surface area contributed by atoms with E-state index in [1.165, 1.54) is 0 Å². The SMILES string of the molecule is NC1CCC(C(=O)NCc2ccccn2)C1. The number of hydrogen-bond donors (Lipinski definition) is 2. The van der Waals surface area contributed by atoms with Crippen molar-refractivity contribution in [2.24, 2.45) is 11.7 Å². The van der Waals surface area contributed by atoms with Gasteiger partial charge in [-0.15, -0.1) is 0 Å². The zero-order valence-electron chi connectivity index (χ0n) is 9.23. The van der Waals surface area contributed by atoms with Gasteiger partial charge in [-0.2, -0.15) is 0 Å². The van der Waals surface area contributed by atoms with E-state index in [2.05, 4.69) is 10.3 Å². The van der Waals surface area contributed by atoms with Crippen LogP contribution in [-0.2, 0) is 11.3 Å². The molecule has 1 fully saturated rings. The number of carbonyl (C=O) groups excluding carboxylic acids is 1. The maximum atomic E-state index is 11.8. The first-order chi connectivity index (χ1) is 7.75. The largest absolute Gasteiger partial charge is 0.350 e. The summed E-state index contributed by atoms with van der Waals surface area (Å²) in [4.78, 5) is 15.9. The molecule has 0 spiro atoms. The molecule has 1 aromatic rings. The first kappa shape index (κ1) is 11.1. The molecule has 1 amide bonds. The zero-order chi connectivity index (χ0) is 11.4. The van der Waals surface area contributed by atoms with Crippen molar-refractivity contribution in [1.29, 1.82) is 0 Å². The summed E-state index contributed by atoms with van der Waals surface area (Å²) in [5.41, 5.74) is 6.67. The van der Waals surface area contributed by atoms with Crippen LogP contribution in [0.5, 0.6) is 0 Å². The highest BCUT2D eigenvalue weighted by Crippen LogP contribution is 2.23. The van der Waals surface area contributed by atoms with Gasteiger partial charge >= 0.3 is 0 Å². The van der Waals surface area contributed by atoms with Gasteiger partial charge in [0.15, 0.2) is 0 Å². The summed E-state index contributed by atoms with van der Waals surface area (Å²) < 4.78 is 0. The summed E-state index contributed by atoms with van der Waals surface area (Å²) in [5.74, 6) is 0.206. The second-order valence-electron chi connectivity index (χ2n) is 4.31. The van der Waals surface area contributed by atoms with Crippen molar-refractivity contribution in [1.82, 2.24) is 10.3 Å². The summed E-state index contributed by atoms with van der Waals surface area (Å²) in [6.45, 7) is 0.505. The number of aromatic nitrogens is 1. The van der Waals surface area contributed by atoms with E-state index >= 15 is 0 Å². The molecule has 0 aliphatic heterocycles. The van der Waals surface area contributed by atoms with E-state index in [1.807, 2.05) is 18.2 Å². The molecule has 16 heavy (non-hydrogen) atoms. The molecular formula is C12H17N3O. The van der Waals surface area contributed by atoms with Gasteiger partial charge < -0.3 is 11.1 Å². The fourth-order valence-electron chi connectivity index (χ4n) is 2.08. The molecule has 1 heterocycles. The van der Waals surface area contributed by atoms with Crippen molar-refractivity contribution in [3.05, 3.63) is 30.1 Å². The van der Waals surface area contributed by atoms with Crippen molar-refractivity contribution < 1.29 is 4.79 Å². The Hall–Kier alpha value is -1.42. The third kappa shape index (κ3) is 2.79. The predicted molar refractivity (Wildman–Crippen MR) is 61.4 cm³/mol. The van der Waals surface area contributed by atoms with Crippen molar-refractivity contribution in [3.63, 3.8) is 0 Å². The smallest absolute Gasteiger partial charge is 0.223 e. The summed E-state index contributed by atoms with van der Waals surface area (Å²) in [6.07, 6.45) is 4.41. The number of rotatable bonds is 3. The van der Waals surface area contributed by atoms with E-state index in [1.54, 1.807) is 6.20 Å². The number of hydrogen-bond acceptors (Lipinski definition) is 3. The van der Waals surface area contributed by atoms with Crippen LogP contribution in [0.25, 0.3) is 0 Å². The van der Waals surface area contributed by atoms with E-state index in [9.17, 15) is 4.79 Å². The highest BCUT2D eigenvalue weighted by molar-refractivity contribution is 5.78. The number of pyridine rings is 1. The lowest BCUT2D eigenvalue weighted by Crippen LogP contribution is -2.30. The van der Waals surface area contributed by atoms with E-state index in [-0.39, 0.29) is 17.9 Å². The fraction of sp³-hybridized carbons (Fsp3) is 0.500. The molecule has 2 unspecified atom stereocenters. The standard InChI is InChI=1S/C12H17N3O/c13-10-5-4-9(7-10)12(16)15-8-11-3-1-2-6-14-11/h1-3,6,9-10H,4-5,7-8,13H2,(H,15,16). The monoisotopic (exact) mass is 219 g/mol. The third-order valence-electron chi connectivity index (χ3n) is 3.01. The van der Waals surface area contributed by atoms with Gasteiger partial charge in [-0.1, -0.05) is 6.07 Å². The van der Waals surface area contributed by atoms with Gasteiger partial charge in [-0.25, -0.2) is 0 Å². The number of nitrogens with zero attached hydrogens (tertiary/aromatic N) is 1. The zero-order valence-corrected chi connectivity index (χ0v) is 9.23. The topological polar surface area (TPSA) is 68.0 Å². The Labute approximate surface area is 95.3 Å². The lowest BCUT2D eigenvalue weighted by molar-refractivity contribution is -0.125. The van der Waals surface area contributed by atoms with Crippen LogP contribution in [0.2, 0.25) is 0 Å². The molecule has 2 rings (SSSR count). The van der Waals surface area contributed by atoms with Gasteiger partial charge in [-0.3, -0.25) is 9.78 Å². The maximum Gasteiger partial charge on any atom is 0.223 e. The van der Waals surface area contributed by atoms with Crippen LogP contribution in [-0.4, -0.2) is 16.9 Å². The average Bonchev–Trinajstić information content (AvgIpc) is 2.74. The highest BCUT2D eigenvalue weighted by atomic mass is 16.1. The van der Waals surface area contributed by atoms with Gasteiger partial charge in [0.1, 0.15) is 0 Å². The van der Waals surface area contributed by atoms with E-state index < -0.39 is 0 Å². The van der Waals surface area contributed by atoms with Crippen LogP contribution >= 0.6 is 0 Å². The van der Waals surface area contributed by atoms with Gasteiger partial charge in [0.05, 0.1) is 12.2 Å². The predicted octanol–water partition coefficient (Wildman–Crippen LogP) is 0.825. The van der Waals surface area contributed by atoms with Crippen LogP contribution in [0, 0.1) is 5.92 Å². The summed E-state index contributed by atoms with van der Waals surface area (Å²) >= 11 is 0. The summed E-state index contributed by atoms with van der Waals surface area (Å²) in [6, 6.07) is 5.88. The van der Waals surface area contributed by atoms with E-state index in [0.29, 0.717) is 6.54 Å². The van der Waals surface area contributed by atoms with Crippen LogP contribution in [0.3, 0.4) is 0 Å². The second kappa shape index (κ2) is 5.07. The minimum Gasteiger partial charge on any atom is -0.350 e. The lowest BCUT2D eigenvalue weighted by Gasteiger charge is -2.10. The Morgan fingerprint density at radius 1 is 1.50 bits per heavy atom. The van der Waals surface area contributed by atoms with E-state index in [0.717, 1.165) is 25.0 Å². The molecule has 4 heteroatoms. The minimum absolute atomic E-state index is 0.0960. The molecule has 4 nitrogen and oxygen atoms in total. The molecule has 86 valence electrons. The van der Waals surface area contributed by atoms with Gasteiger partial charge in [-0.05, 0) is 31.4 Å². The Kier molecular flexibility index (Phi) is 3.51. The Bertz CT molecular complexity index is 353. The molecule has 1 aliphatic carbocycles. The third-order valence-corrected chi connectivity index (χ3v) is 3.01. The lowest BCUT2D eigenvalue weighted by atomic mass is 10.1. The minimum atomic E-state index is 0.0960. The van der Waals surface area contributed by atoms with Gasteiger partial charge in [0, 0.05) is 18.2 Å². The molecule has 1 aliphatic rings. The van der Waals surface area contributed by atoms with Crippen LogP contribution in [0.15, 0.2) is 24.4 Å². The Morgan fingerprint density at radius 3 is 3.00 bits per heavy atom. The number of amides is 1. The van der Waals surface area contributed by atoms with Gasteiger partial charge in [0.25, 0.3) is 0 Å². The fourth-order valence-corrected chi connectivity index (χ4v) is 2.08. The first-order valence-electron chi connectivity index (χ1n) is 5.69. The summed E-state index contributed by atoms with van der Waals surface area (Å²) in [7, 11) is 0. The first-order valence-corrected chi connectivity index (χ1v) is 5.69. The average molecular weight is 219 g/mol. The van der Waals surface area contributed by atoms with Crippen molar-refractivity contribution in [2.75, 3.05) is 0 Å². The quantitative estimate of drug-likeness (QED) is 0.791. The molecule has 0 bridgehead atoms. The van der Waals surface area contributed by atoms with Crippen molar-refractivity contribution >= 4 is 5.91 Å². The summed E-state index contributed by atoms with van der Waals surface area (Å²) in [5, 5.41) is 2.90. The van der Waals surface area contributed by atoms with Crippen LogP contribution in [0.1, 0.15) is 25.0 Å². The maximum absolute atomic E-state index is 11.8. The highest BCUT2D eigenvalue weighted by Gasteiger charge is 2.27. The molecule has 0 aromatic carbocycles. The Morgan fingerprint density at radius 2 is 2.38 bits per heavy atom. The molecule has 0 saturated heterocycles. The van der Waals surface area contributed by atoms with Crippen LogP contribution in [0.4, 0.5) is 0 Å². The molecule has 0 radical (unpaired) electrons. The molecule has 1 saturated carbocycles. The number of nitrogens with one attached hydrogen (secondary N) is 1. The molecule has 3 N–H and O–H groups in total. The second-order valence-corrected chi connectivity index (χ2v) is 4.31. The molecule has 1 aromatic heterocycles. The van der Waals surface area contributed by atoms with E-state index in [4.69, 9.17) is 5.73 Å². The number of carbonyl (C=O) groups is 1. The normalized spacial score (nSPS) is 24.3. The van der Waals surface area contributed by atoms with Crippen LogP contribution < -0.4 is 11.1 Å². The molecular weight excluding hydrogens is 202 g/mol. The Balaban J connectivity index is 1.80. The van der Waals surface area contributed by atoms with Gasteiger partial charge in [0.2, 0.25) is 5.91 Å². The number of nitrogens with two attached hydrogens (primary N) is 1.